The van der Waals surface area contributed by atoms with Gasteiger partial charge in [0.1, 0.15) is 0 Å². The van der Waals surface area contributed by atoms with Crippen LogP contribution in [-0.2, 0) is 0 Å². The average Bonchev–Trinajstić information content (AvgIpc) is 2.49. The van der Waals surface area contributed by atoms with Crippen molar-refractivity contribution in [3.05, 3.63) is 29.7 Å². The predicted molar refractivity (Wildman–Crippen MR) is 50.0 cm³/mol. The summed E-state index contributed by atoms with van der Waals surface area (Å²) in [5.74, 6) is 0.720. The minimum atomic E-state index is -1.58. The van der Waals surface area contributed by atoms with Gasteiger partial charge >= 0.3 is 0 Å². The van der Waals surface area contributed by atoms with Gasteiger partial charge in [0, 0.05) is 5.75 Å². The fourth-order valence-electron chi connectivity index (χ4n) is 0.673. The van der Waals surface area contributed by atoms with Crippen LogP contribution in [0.25, 0.3) is 0 Å². The molecule has 0 aliphatic carbocycles. The Morgan fingerprint density at radius 1 is 1.58 bits per heavy atom. The molecule has 0 spiro atoms. The molecule has 0 amide bonds. The molecule has 0 radical (unpaired) electrons. The zero-order valence-corrected chi connectivity index (χ0v) is 7.93. The molecule has 1 aromatic heterocycles. The summed E-state index contributed by atoms with van der Waals surface area (Å²) in [6, 6.07) is 3.95. The third-order valence-electron chi connectivity index (χ3n) is 1.16. The molecule has 0 saturated carbocycles. The molecule has 12 heavy (non-hydrogen) atoms. The Morgan fingerprint density at radius 3 is 3.00 bits per heavy atom. The van der Waals surface area contributed by atoms with Crippen molar-refractivity contribution in [3.63, 3.8) is 0 Å². The van der Waals surface area contributed by atoms with Crippen LogP contribution in [0.15, 0.2) is 33.9 Å². The van der Waals surface area contributed by atoms with Crippen LogP contribution in [-0.4, -0.2) is 5.75 Å². The highest BCUT2D eigenvalue weighted by Gasteiger charge is 1.93. The van der Waals surface area contributed by atoms with Crippen molar-refractivity contribution >= 4 is 23.1 Å². The third-order valence-corrected chi connectivity index (χ3v) is 3.32. The SMILES string of the molecule is FC(F)=CCCSc1cccs1. The van der Waals surface area contributed by atoms with Gasteiger partial charge in [0.2, 0.25) is 0 Å². The Morgan fingerprint density at radius 2 is 2.42 bits per heavy atom. The molecular formula is C8H8F2S2. The van der Waals surface area contributed by atoms with Crippen molar-refractivity contribution in [2.24, 2.45) is 0 Å². The van der Waals surface area contributed by atoms with Crippen LogP contribution in [0.3, 0.4) is 0 Å². The van der Waals surface area contributed by atoms with Crippen molar-refractivity contribution in [1.29, 1.82) is 0 Å². The second-order valence-corrected chi connectivity index (χ2v) is 4.41. The first-order valence-electron chi connectivity index (χ1n) is 3.46. The van der Waals surface area contributed by atoms with E-state index in [0.29, 0.717) is 6.42 Å². The Balaban J connectivity index is 2.16. The lowest BCUT2D eigenvalue weighted by Gasteiger charge is -1.92. The maximum Gasteiger partial charge on any atom is 0.266 e. The molecule has 4 heteroatoms. The number of rotatable bonds is 4. The van der Waals surface area contributed by atoms with Crippen LogP contribution in [0, 0.1) is 0 Å². The normalized spacial score (nSPS) is 9.83. The van der Waals surface area contributed by atoms with Gasteiger partial charge in [0.15, 0.2) is 0 Å². The summed E-state index contributed by atoms with van der Waals surface area (Å²) in [5, 5.41) is 1.98. The number of thiophene rings is 1. The van der Waals surface area contributed by atoms with E-state index < -0.39 is 6.08 Å². The van der Waals surface area contributed by atoms with Crippen LogP contribution >= 0.6 is 23.1 Å². The maximum atomic E-state index is 11.6. The lowest BCUT2D eigenvalue weighted by atomic mass is 10.5. The fourth-order valence-corrected chi connectivity index (χ4v) is 2.42. The van der Waals surface area contributed by atoms with Gasteiger partial charge in [-0.25, -0.2) is 0 Å². The molecule has 0 bridgehead atoms. The van der Waals surface area contributed by atoms with E-state index in [9.17, 15) is 8.78 Å². The van der Waals surface area contributed by atoms with Crippen LogP contribution in [0.2, 0.25) is 0 Å². The summed E-state index contributed by atoms with van der Waals surface area (Å²) in [6.45, 7) is 0. The van der Waals surface area contributed by atoms with E-state index in [1.165, 1.54) is 4.21 Å². The van der Waals surface area contributed by atoms with Gasteiger partial charge < -0.3 is 0 Å². The number of hydrogen-bond acceptors (Lipinski definition) is 2. The minimum absolute atomic E-state index is 0.435. The maximum absolute atomic E-state index is 11.6. The molecule has 1 heterocycles. The first-order chi connectivity index (χ1) is 5.79. The fraction of sp³-hybridized carbons (Fsp3) is 0.250. The monoisotopic (exact) mass is 206 g/mol. The Bertz CT molecular complexity index is 238. The lowest BCUT2D eigenvalue weighted by Crippen LogP contribution is -1.73. The molecule has 0 aromatic carbocycles. The van der Waals surface area contributed by atoms with E-state index in [0.717, 1.165) is 11.8 Å². The minimum Gasteiger partial charge on any atom is -0.174 e. The number of allylic oxidation sites excluding steroid dienone is 1. The second-order valence-electron chi connectivity index (χ2n) is 2.06. The van der Waals surface area contributed by atoms with Crippen molar-refractivity contribution in [2.75, 3.05) is 5.75 Å². The molecular weight excluding hydrogens is 198 g/mol. The summed E-state index contributed by atoms with van der Waals surface area (Å²) in [7, 11) is 0. The molecule has 0 saturated heterocycles. The quantitative estimate of drug-likeness (QED) is 0.530. The Kier molecular flexibility index (Phi) is 4.32. The lowest BCUT2D eigenvalue weighted by molar-refractivity contribution is 0.418. The summed E-state index contributed by atoms with van der Waals surface area (Å²) in [5.41, 5.74) is 0. The number of hydrogen-bond donors (Lipinski definition) is 0. The van der Waals surface area contributed by atoms with Gasteiger partial charge in [-0.15, -0.1) is 23.1 Å². The van der Waals surface area contributed by atoms with Gasteiger partial charge in [0.05, 0.1) is 4.21 Å². The summed E-state index contributed by atoms with van der Waals surface area (Å²) in [6.07, 6.45) is -0.187. The summed E-state index contributed by atoms with van der Waals surface area (Å²) >= 11 is 3.25. The van der Waals surface area contributed by atoms with Crippen LogP contribution in [0.4, 0.5) is 8.78 Å². The summed E-state index contributed by atoms with van der Waals surface area (Å²) in [4.78, 5) is 0. The molecule has 0 aliphatic rings. The smallest absolute Gasteiger partial charge is 0.174 e. The van der Waals surface area contributed by atoms with Crippen LogP contribution in [0.5, 0.6) is 0 Å². The predicted octanol–water partition coefficient (Wildman–Crippen LogP) is 4.01. The van der Waals surface area contributed by atoms with Crippen molar-refractivity contribution in [2.45, 2.75) is 10.6 Å². The molecule has 0 fully saturated rings. The molecule has 0 atom stereocenters. The van der Waals surface area contributed by atoms with E-state index in [1.54, 1.807) is 23.1 Å². The van der Waals surface area contributed by atoms with Crippen molar-refractivity contribution in [3.8, 4) is 0 Å². The number of thioether (sulfide) groups is 1. The molecule has 0 aliphatic heterocycles. The highest BCUT2D eigenvalue weighted by Crippen LogP contribution is 2.24. The van der Waals surface area contributed by atoms with Gasteiger partial charge in [-0.3, -0.25) is 0 Å². The van der Waals surface area contributed by atoms with Gasteiger partial charge in [-0.1, -0.05) is 6.07 Å². The molecule has 0 N–H and O–H groups in total. The Labute approximate surface area is 78.3 Å². The van der Waals surface area contributed by atoms with E-state index in [-0.39, 0.29) is 0 Å². The largest absolute Gasteiger partial charge is 0.266 e. The molecule has 0 nitrogen and oxygen atoms in total. The highest BCUT2D eigenvalue weighted by atomic mass is 32.2. The zero-order valence-electron chi connectivity index (χ0n) is 6.30. The average molecular weight is 206 g/mol. The van der Waals surface area contributed by atoms with E-state index in [1.807, 2.05) is 17.5 Å². The third kappa shape index (κ3) is 3.88. The molecule has 0 unspecified atom stereocenters. The summed E-state index contributed by atoms with van der Waals surface area (Å²) < 4.78 is 24.3. The van der Waals surface area contributed by atoms with E-state index in [2.05, 4.69) is 0 Å². The highest BCUT2D eigenvalue weighted by molar-refractivity contribution is 8.01. The van der Waals surface area contributed by atoms with Crippen molar-refractivity contribution < 1.29 is 8.78 Å². The molecule has 1 rings (SSSR count). The van der Waals surface area contributed by atoms with Crippen molar-refractivity contribution in [1.82, 2.24) is 0 Å². The molecule has 66 valence electrons. The number of halogens is 2. The first-order valence-corrected chi connectivity index (χ1v) is 5.33. The Hall–Kier alpha value is -0.350. The van der Waals surface area contributed by atoms with Gasteiger partial charge in [-0.05, 0) is 23.9 Å². The zero-order chi connectivity index (χ0) is 8.81. The van der Waals surface area contributed by atoms with Crippen LogP contribution < -0.4 is 0 Å². The standard InChI is InChI=1S/C8H8F2S2/c9-7(10)3-1-5-11-8-4-2-6-12-8/h2-4,6H,1,5H2. The first kappa shape index (κ1) is 9.74. The van der Waals surface area contributed by atoms with E-state index >= 15 is 0 Å². The van der Waals surface area contributed by atoms with Gasteiger partial charge in [0.25, 0.3) is 6.08 Å². The second kappa shape index (κ2) is 5.32. The van der Waals surface area contributed by atoms with Crippen LogP contribution in [0.1, 0.15) is 6.42 Å². The van der Waals surface area contributed by atoms with E-state index in [4.69, 9.17) is 0 Å². The molecule has 1 aromatic rings. The topological polar surface area (TPSA) is 0 Å². The van der Waals surface area contributed by atoms with Gasteiger partial charge in [-0.2, -0.15) is 8.78 Å².